The molecule has 3 nitrogen and oxygen atoms in total. The van der Waals surface area contributed by atoms with E-state index in [2.05, 4.69) is 35.2 Å². The first-order valence-corrected chi connectivity index (χ1v) is 13.6. The Morgan fingerprint density at radius 3 is 2.42 bits per heavy atom. The van der Waals surface area contributed by atoms with Gasteiger partial charge in [0.2, 0.25) is 0 Å². The van der Waals surface area contributed by atoms with E-state index in [9.17, 15) is 9.50 Å². The third-order valence-electron chi connectivity index (χ3n) is 8.09. The van der Waals surface area contributed by atoms with Crippen molar-refractivity contribution >= 4 is 0 Å². The molecule has 1 saturated heterocycles. The van der Waals surface area contributed by atoms with Crippen molar-refractivity contribution in [2.75, 3.05) is 26.2 Å². The summed E-state index contributed by atoms with van der Waals surface area (Å²) < 4.78 is 19.4. The van der Waals surface area contributed by atoms with Gasteiger partial charge < -0.3 is 9.84 Å². The van der Waals surface area contributed by atoms with Gasteiger partial charge in [0.15, 0.2) is 0 Å². The quantitative estimate of drug-likeness (QED) is 0.333. The number of aromatic hydroxyl groups is 1. The monoisotopic (exact) mass is 487 g/mol. The SMILES string of the molecule is Oc1ccc2c(c1)CCCC(CCc1ccc(F)cc1)C2Cc1ccc(OCCN2CCCC2)cc1. The summed E-state index contributed by atoms with van der Waals surface area (Å²) in [7, 11) is 0. The summed E-state index contributed by atoms with van der Waals surface area (Å²) in [6, 6.07) is 21.5. The molecule has 1 heterocycles. The summed E-state index contributed by atoms with van der Waals surface area (Å²) in [5.41, 5.74) is 5.17. The average Bonchev–Trinajstić information content (AvgIpc) is 3.35. The minimum absolute atomic E-state index is 0.178. The van der Waals surface area contributed by atoms with Crippen molar-refractivity contribution in [3.63, 3.8) is 0 Å². The molecule has 1 aliphatic carbocycles. The zero-order valence-electron chi connectivity index (χ0n) is 21.2. The molecular formula is C32H38FNO2. The van der Waals surface area contributed by atoms with Crippen LogP contribution in [0.5, 0.6) is 11.5 Å². The molecule has 1 fully saturated rings. The van der Waals surface area contributed by atoms with E-state index in [1.165, 1.54) is 54.6 Å². The number of benzene rings is 3. The summed E-state index contributed by atoms with van der Waals surface area (Å²) in [5, 5.41) is 10.1. The van der Waals surface area contributed by atoms with E-state index in [0.717, 1.165) is 51.0 Å². The van der Waals surface area contributed by atoms with Crippen molar-refractivity contribution in [1.29, 1.82) is 0 Å². The van der Waals surface area contributed by atoms with E-state index in [0.29, 0.717) is 17.6 Å². The Hall–Kier alpha value is -2.85. The van der Waals surface area contributed by atoms with Crippen LogP contribution in [-0.4, -0.2) is 36.2 Å². The lowest BCUT2D eigenvalue weighted by atomic mass is 9.77. The number of likely N-dealkylation sites (tertiary alicyclic amines) is 1. The average molecular weight is 488 g/mol. The number of phenols is 1. The maximum absolute atomic E-state index is 13.4. The molecule has 36 heavy (non-hydrogen) atoms. The summed E-state index contributed by atoms with van der Waals surface area (Å²) in [4.78, 5) is 2.47. The molecular weight excluding hydrogens is 449 g/mol. The Morgan fingerprint density at radius 2 is 1.64 bits per heavy atom. The Morgan fingerprint density at radius 1 is 0.889 bits per heavy atom. The molecule has 4 heteroatoms. The molecule has 1 N–H and O–H groups in total. The first-order valence-electron chi connectivity index (χ1n) is 13.6. The smallest absolute Gasteiger partial charge is 0.123 e. The molecule has 2 unspecified atom stereocenters. The van der Waals surface area contributed by atoms with E-state index in [4.69, 9.17) is 4.74 Å². The molecule has 0 saturated carbocycles. The Bertz CT molecular complexity index is 1110. The summed E-state index contributed by atoms with van der Waals surface area (Å²) in [6.07, 6.45) is 8.93. The second-order valence-corrected chi connectivity index (χ2v) is 10.6. The minimum atomic E-state index is -0.178. The lowest BCUT2D eigenvalue weighted by Crippen LogP contribution is -2.25. The standard InChI is InChI=1S/C32H38FNO2/c33-28-12-7-24(8-13-28)6-11-26-4-3-5-27-23-29(35)14-17-31(27)32(26)22-25-9-15-30(16-10-25)36-21-20-34-18-1-2-19-34/h7-10,12-17,23,26,32,35H,1-6,11,18-22H2. The minimum Gasteiger partial charge on any atom is -0.508 e. The van der Waals surface area contributed by atoms with E-state index in [1.54, 1.807) is 12.1 Å². The summed E-state index contributed by atoms with van der Waals surface area (Å²) in [5.74, 6) is 2.05. The number of hydrogen-bond acceptors (Lipinski definition) is 3. The molecule has 0 spiro atoms. The van der Waals surface area contributed by atoms with Crippen molar-refractivity contribution in [3.8, 4) is 11.5 Å². The highest BCUT2D eigenvalue weighted by molar-refractivity contribution is 5.40. The number of hydrogen-bond donors (Lipinski definition) is 1. The summed E-state index contributed by atoms with van der Waals surface area (Å²) in [6.45, 7) is 4.14. The Kier molecular flexibility index (Phi) is 8.22. The second-order valence-electron chi connectivity index (χ2n) is 10.6. The number of halogens is 1. The molecule has 0 amide bonds. The van der Waals surface area contributed by atoms with Crippen LogP contribution in [0.3, 0.4) is 0 Å². The highest BCUT2D eigenvalue weighted by Gasteiger charge is 2.28. The maximum Gasteiger partial charge on any atom is 0.123 e. The molecule has 0 bridgehead atoms. The van der Waals surface area contributed by atoms with Crippen LogP contribution >= 0.6 is 0 Å². The fourth-order valence-electron chi connectivity index (χ4n) is 6.08. The van der Waals surface area contributed by atoms with Crippen LogP contribution in [0.2, 0.25) is 0 Å². The van der Waals surface area contributed by atoms with Crippen molar-refractivity contribution in [2.45, 2.75) is 57.3 Å². The molecule has 5 rings (SSSR count). The van der Waals surface area contributed by atoms with E-state index >= 15 is 0 Å². The first kappa shape index (κ1) is 24.8. The number of nitrogens with zero attached hydrogens (tertiary/aromatic N) is 1. The van der Waals surface area contributed by atoms with Crippen molar-refractivity contribution < 1.29 is 14.2 Å². The molecule has 3 aromatic rings. The highest BCUT2D eigenvalue weighted by atomic mass is 19.1. The van der Waals surface area contributed by atoms with E-state index in [-0.39, 0.29) is 5.82 Å². The van der Waals surface area contributed by atoms with Crippen LogP contribution in [-0.2, 0) is 19.3 Å². The molecule has 190 valence electrons. The lowest BCUT2D eigenvalue weighted by molar-refractivity contribution is 0.237. The second kappa shape index (κ2) is 11.9. The number of ether oxygens (including phenoxy) is 1. The van der Waals surface area contributed by atoms with Crippen molar-refractivity contribution in [2.24, 2.45) is 5.92 Å². The zero-order chi connectivity index (χ0) is 24.7. The van der Waals surface area contributed by atoms with Crippen LogP contribution in [0, 0.1) is 11.7 Å². The van der Waals surface area contributed by atoms with Gasteiger partial charge in [-0.3, -0.25) is 4.90 Å². The van der Waals surface area contributed by atoms with Crippen LogP contribution < -0.4 is 4.74 Å². The molecule has 3 aromatic carbocycles. The Labute approximate surface area is 214 Å². The van der Waals surface area contributed by atoms with Crippen LogP contribution in [0.4, 0.5) is 4.39 Å². The van der Waals surface area contributed by atoms with Gasteiger partial charge in [0.25, 0.3) is 0 Å². The number of aryl methyl sites for hydroxylation is 2. The van der Waals surface area contributed by atoms with Gasteiger partial charge >= 0.3 is 0 Å². The molecule has 0 radical (unpaired) electrons. The fraction of sp³-hybridized carbons (Fsp3) is 0.438. The molecule has 2 atom stereocenters. The van der Waals surface area contributed by atoms with Crippen LogP contribution in [0.15, 0.2) is 66.7 Å². The van der Waals surface area contributed by atoms with Gasteiger partial charge in [0, 0.05) is 6.54 Å². The third kappa shape index (κ3) is 6.47. The summed E-state index contributed by atoms with van der Waals surface area (Å²) >= 11 is 0. The first-order chi connectivity index (χ1) is 17.6. The van der Waals surface area contributed by atoms with Gasteiger partial charge in [0.05, 0.1) is 0 Å². The largest absolute Gasteiger partial charge is 0.508 e. The molecule has 0 aromatic heterocycles. The van der Waals surface area contributed by atoms with Crippen LogP contribution in [0.1, 0.15) is 60.3 Å². The fourth-order valence-corrected chi connectivity index (χ4v) is 6.08. The predicted molar refractivity (Wildman–Crippen MR) is 143 cm³/mol. The van der Waals surface area contributed by atoms with Gasteiger partial charge in [-0.15, -0.1) is 0 Å². The number of phenolic OH excluding ortho intramolecular Hbond substituents is 1. The molecule has 2 aliphatic rings. The highest BCUT2D eigenvalue weighted by Crippen LogP contribution is 2.41. The van der Waals surface area contributed by atoms with E-state index < -0.39 is 0 Å². The topological polar surface area (TPSA) is 32.7 Å². The van der Waals surface area contributed by atoms with Gasteiger partial charge in [-0.1, -0.05) is 30.3 Å². The normalized spacial score (nSPS) is 20.1. The predicted octanol–water partition coefficient (Wildman–Crippen LogP) is 6.92. The zero-order valence-corrected chi connectivity index (χ0v) is 21.2. The lowest BCUT2D eigenvalue weighted by Gasteiger charge is -2.27. The van der Waals surface area contributed by atoms with Gasteiger partial charge in [0.1, 0.15) is 23.9 Å². The van der Waals surface area contributed by atoms with Gasteiger partial charge in [-0.25, -0.2) is 4.39 Å². The van der Waals surface area contributed by atoms with Crippen molar-refractivity contribution in [3.05, 3.63) is 94.8 Å². The van der Waals surface area contributed by atoms with E-state index in [1.807, 2.05) is 24.3 Å². The van der Waals surface area contributed by atoms with Crippen molar-refractivity contribution in [1.82, 2.24) is 4.90 Å². The number of fused-ring (bicyclic) bond motifs is 1. The molecule has 1 aliphatic heterocycles. The van der Waals surface area contributed by atoms with Gasteiger partial charge in [-0.2, -0.15) is 0 Å². The Balaban J connectivity index is 1.28. The van der Waals surface area contributed by atoms with Gasteiger partial charge in [-0.05, 0) is 135 Å². The third-order valence-corrected chi connectivity index (χ3v) is 8.09. The maximum atomic E-state index is 13.4. The number of rotatable bonds is 9. The van der Waals surface area contributed by atoms with Crippen LogP contribution in [0.25, 0.3) is 0 Å².